The van der Waals surface area contributed by atoms with Crippen LogP contribution in [-0.2, 0) is 40.1 Å². The summed E-state index contributed by atoms with van der Waals surface area (Å²) in [5.74, 6) is -2.54. The molecule has 222 valence electrons. The number of rotatable bonds is 16. The van der Waals surface area contributed by atoms with Gasteiger partial charge in [0.1, 0.15) is 18.7 Å². The van der Waals surface area contributed by atoms with E-state index in [1.165, 1.54) is 6.92 Å². The summed E-state index contributed by atoms with van der Waals surface area (Å²) in [7, 11) is 1.13. The number of esters is 1. The van der Waals surface area contributed by atoms with Crippen molar-refractivity contribution in [2.45, 2.75) is 58.3 Å². The normalized spacial score (nSPS) is 12.8. The Labute approximate surface area is 238 Å². The van der Waals surface area contributed by atoms with Crippen molar-refractivity contribution in [2.75, 3.05) is 26.0 Å². The lowest BCUT2D eigenvalue weighted by Crippen LogP contribution is -2.52. The van der Waals surface area contributed by atoms with Crippen molar-refractivity contribution in [2.24, 2.45) is 11.7 Å². The highest BCUT2D eigenvalue weighted by Gasteiger charge is 2.26. The summed E-state index contributed by atoms with van der Waals surface area (Å²) < 4.78 is 9.80. The van der Waals surface area contributed by atoms with Crippen molar-refractivity contribution >= 4 is 46.7 Å². The molecular weight excluding hydrogens is 542 g/mol. The van der Waals surface area contributed by atoms with E-state index in [0.717, 1.165) is 12.7 Å². The highest BCUT2D eigenvalue weighted by atomic mass is 32.2. The smallest absolute Gasteiger partial charge is 0.408 e. The molecule has 0 fully saturated rings. The Kier molecular flexibility index (Phi) is 16.0. The molecule has 0 saturated heterocycles. The maximum atomic E-state index is 12.6. The first-order chi connectivity index (χ1) is 19.0. The molecule has 13 nitrogen and oxygen atoms in total. The fraction of sp³-hybridized carbons (Fsp3) is 0.538. The largest absolute Gasteiger partial charge is 0.467 e. The van der Waals surface area contributed by atoms with E-state index in [9.17, 15) is 28.8 Å². The van der Waals surface area contributed by atoms with Gasteiger partial charge in [-0.05, 0) is 24.8 Å². The van der Waals surface area contributed by atoms with Gasteiger partial charge < -0.3 is 36.5 Å². The molecule has 0 aromatic heterocycles. The highest BCUT2D eigenvalue weighted by Crippen LogP contribution is 2.10. The molecule has 0 aliphatic rings. The van der Waals surface area contributed by atoms with Crippen molar-refractivity contribution in [1.82, 2.24) is 21.3 Å². The van der Waals surface area contributed by atoms with Crippen LogP contribution in [0.2, 0.25) is 0 Å². The maximum Gasteiger partial charge on any atom is 0.408 e. The summed E-state index contributed by atoms with van der Waals surface area (Å²) in [6.45, 7) is 4.91. The predicted molar refractivity (Wildman–Crippen MR) is 149 cm³/mol. The van der Waals surface area contributed by atoms with E-state index in [2.05, 4.69) is 21.3 Å². The number of nitrogens with two attached hydrogens (primary N) is 1. The minimum absolute atomic E-state index is 0.0337. The Morgan fingerprint density at radius 3 is 2.17 bits per heavy atom. The average Bonchev–Trinajstić information content (AvgIpc) is 2.92. The van der Waals surface area contributed by atoms with Crippen LogP contribution in [0.4, 0.5) is 4.79 Å². The Bertz CT molecular complexity index is 1010. The number of hydrogen-bond donors (Lipinski definition) is 5. The van der Waals surface area contributed by atoms with Gasteiger partial charge in [-0.25, -0.2) is 9.59 Å². The SMILES string of the molecule is COC(=O)[C@H](CSC(=O)[C@H](C)NC(=O)OCc1ccccc1)NC(=O)CNC(=O)[C@H](CC(C)C)NC(=O)CCN. The maximum absolute atomic E-state index is 12.6. The minimum atomic E-state index is -1.20. The first-order valence-corrected chi connectivity index (χ1v) is 13.7. The number of hydrogen-bond acceptors (Lipinski definition) is 10. The molecule has 0 heterocycles. The van der Waals surface area contributed by atoms with Gasteiger partial charge in [-0.15, -0.1) is 0 Å². The van der Waals surface area contributed by atoms with Crippen LogP contribution in [0.5, 0.6) is 0 Å². The first-order valence-electron chi connectivity index (χ1n) is 12.7. The fourth-order valence-corrected chi connectivity index (χ4v) is 4.10. The number of thioether (sulfide) groups is 1. The molecule has 1 rings (SSSR count). The summed E-state index contributed by atoms with van der Waals surface area (Å²) >= 11 is 0.713. The van der Waals surface area contributed by atoms with Gasteiger partial charge in [-0.1, -0.05) is 55.9 Å². The summed E-state index contributed by atoms with van der Waals surface area (Å²) in [5.41, 5.74) is 6.16. The Balaban J connectivity index is 2.58. The lowest BCUT2D eigenvalue weighted by molar-refractivity contribution is -0.144. The molecule has 0 unspecified atom stereocenters. The zero-order chi connectivity index (χ0) is 30.1. The molecule has 40 heavy (non-hydrogen) atoms. The second-order valence-electron chi connectivity index (χ2n) is 9.21. The topological polar surface area (TPSA) is 195 Å². The third-order valence-electron chi connectivity index (χ3n) is 5.27. The number of alkyl carbamates (subject to hydrolysis) is 1. The van der Waals surface area contributed by atoms with Crippen LogP contribution in [-0.4, -0.2) is 79.0 Å². The molecular formula is C26H39N5O8S. The Morgan fingerprint density at radius 2 is 1.57 bits per heavy atom. The number of nitrogens with one attached hydrogen (secondary N) is 4. The van der Waals surface area contributed by atoms with Crippen LogP contribution < -0.4 is 27.0 Å². The molecule has 0 saturated carbocycles. The average molecular weight is 582 g/mol. The quantitative estimate of drug-likeness (QED) is 0.168. The van der Waals surface area contributed by atoms with Gasteiger partial charge in [0, 0.05) is 18.7 Å². The van der Waals surface area contributed by atoms with E-state index in [4.69, 9.17) is 15.2 Å². The Hall–Kier alpha value is -3.65. The van der Waals surface area contributed by atoms with Gasteiger partial charge in [-0.2, -0.15) is 0 Å². The van der Waals surface area contributed by atoms with E-state index >= 15 is 0 Å². The van der Waals surface area contributed by atoms with Gasteiger partial charge in [0.05, 0.1) is 19.7 Å². The molecule has 3 atom stereocenters. The van der Waals surface area contributed by atoms with Crippen molar-refractivity contribution < 1.29 is 38.2 Å². The molecule has 0 spiro atoms. The number of carbonyl (C=O) groups excluding carboxylic acids is 6. The zero-order valence-corrected chi connectivity index (χ0v) is 24.0. The summed E-state index contributed by atoms with van der Waals surface area (Å²) in [6.07, 6.45) is -0.379. The molecule has 4 amide bonds. The Morgan fingerprint density at radius 1 is 0.925 bits per heavy atom. The van der Waals surface area contributed by atoms with E-state index in [0.29, 0.717) is 18.2 Å². The zero-order valence-electron chi connectivity index (χ0n) is 23.2. The van der Waals surface area contributed by atoms with Crippen molar-refractivity contribution in [1.29, 1.82) is 0 Å². The third kappa shape index (κ3) is 13.9. The summed E-state index contributed by atoms with van der Waals surface area (Å²) in [4.78, 5) is 73.6. The standard InChI is InChI=1S/C26H39N5O8S/c1-16(2)12-19(30-21(32)10-11-27)23(34)28-13-22(33)31-20(24(35)38-4)15-40-25(36)17(3)29-26(37)39-14-18-8-6-5-7-9-18/h5-9,16-17,19-20H,10-15,27H2,1-4H3,(H,28,34)(H,29,37)(H,30,32)(H,31,33)/t17-,19-,20-/m0/s1. The van der Waals surface area contributed by atoms with Crippen LogP contribution in [0, 0.1) is 5.92 Å². The molecule has 1 aromatic rings. The highest BCUT2D eigenvalue weighted by molar-refractivity contribution is 8.13. The van der Waals surface area contributed by atoms with Crippen molar-refractivity contribution in [3.8, 4) is 0 Å². The van der Waals surface area contributed by atoms with Crippen molar-refractivity contribution in [3.63, 3.8) is 0 Å². The summed E-state index contributed by atoms with van der Waals surface area (Å²) in [5, 5.41) is 9.40. The van der Waals surface area contributed by atoms with Gasteiger partial charge in [-0.3, -0.25) is 19.2 Å². The lowest BCUT2D eigenvalue weighted by Gasteiger charge is -2.21. The number of carbonyl (C=O) groups is 6. The van der Waals surface area contributed by atoms with Crippen LogP contribution in [0.25, 0.3) is 0 Å². The number of benzene rings is 1. The number of ether oxygens (including phenoxy) is 2. The molecule has 0 radical (unpaired) electrons. The van der Waals surface area contributed by atoms with E-state index in [-0.39, 0.29) is 37.2 Å². The molecule has 0 bridgehead atoms. The lowest BCUT2D eigenvalue weighted by atomic mass is 10.0. The second kappa shape index (κ2) is 18.6. The van der Waals surface area contributed by atoms with Gasteiger partial charge in [0.2, 0.25) is 22.8 Å². The van der Waals surface area contributed by atoms with Crippen LogP contribution >= 0.6 is 11.8 Å². The van der Waals surface area contributed by atoms with E-state index in [1.54, 1.807) is 24.3 Å². The molecule has 1 aromatic carbocycles. The fourth-order valence-electron chi connectivity index (χ4n) is 3.24. The van der Waals surface area contributed by atoms with Crippen molar-refractivity contribution in [3.05, 3.63) is 35.9 Å². The number of methoxy groups -OCH3 is 1. The minimum Gasteiger partial charge on any atom is -0.467 e. The molecule has 6 N–H and O–H groups in total. The van der Waals surface area contributed by atoms with Crippen LogP contribution in [0.1, 0.15) is 39.2 Å². The summed E-state index contributed by atoms with van der Waals surface area (Å²) in [6, 6.07) is 6.02. The third-order valence-corrected chi connectivity index (χ3v) is 6.41. The van der Waals surface area contributed by atoms with E-state index < -0.39 is 53.7 Å². The molecule has 14 heteroatoms. The van der Waals surface area contributed by atoms with Crippen LogP contribution in [0.15, 0.2) is 30.3 Å². The van der Waals surface area contributed by atoms with Gasteiger partial charge in [0.15, 0.2) is 0 Å². The molecule has 0 aliphatic heterocycles. The molecule has 0 aliphatic carbocycles. The number of amides is 4. The van der Waals surface area contributed by atoms with Gasteiger partial charge >= 0.3 is 12.1 Å². The monoisotopic (exact) mass is 581 g/mol. The predicted octanol–water partition coefficient (Wildman–Crippen LogP) is 0.215. The van der Waals surface area contributed by atoms with Crippen LogP contribution in [0.3, 0.4) is 0 Å². The van der Waals surface area contributed by atoms with E-state index in [1.807, 2.05) is 19.9 Å². The van der Waals surface area contributed by atoms with Gasteiger partial charge in [0.25, 0.3) is 0 Å². The second-order valence-corrected chi connectivity index (χ2v) is 10.2. The first kappa shape index (κ1) is 34.4.